The number of nitriles is 1. The van der Waals surface area contributed by atoms with E-state index in [9.17, 15) is 10.1 Å². The molecule has 3 rings (SSSR count). The van der Waals surface area contributed by atoms with Gasteiger partial charge in [0.25, 0.3) is 5.91 Å². The minimum atomic E-state index is -0.489. The van der Waals surface area contributed by atoms with Crippen molar-refractivity contribution in [1.82, 2.24) is 0 Å². The fraction of sp³-hybridized carbons (Fsp3) is 0.0476. The number of benzene rings is 2. The summed E-state index contributed by atoms with van der Waals surface area (Å²) in [6, 6.07) is 20.0. The number of hydrogen-bond acceptors (Lipinski definition) is 3. The van der Waals surface area contributed by atoms with Gasteiger partial charge in [0.15, 0.2) is 0 Å². The number of anilines is 1. The Morgan fingerprint density at radius 2 is 1.92 bits per heavy atom. The number of nitrogens with zero attached hydrogens (tertiary/aromatic N) is 1. The fourth-order valence-electron chi connectivity index (χ4n) is 2.35. The molecule has 0 radical (unpaired) electrons. The third-order valence-corrected chi connectivity index (χ3v) is 3.93. The molecule has 0 aliphatic heterocycles. The molecule has 2 aromatic carbocycles. The zero-order valence-electron chi connectivity index (χ0n) is 14.0. The van der Waals surface area contributed by atoms with Gasteiger partial charge >= 0.3 is 0 Å². The van der Waals surface area contributed by atoms with E-state index in [-0.39, 0.29) is 5.57 Å². The second-order valence-corrected chi connectivity index (χ2v) is 6.14. The summed E-state index contributed by atoms with van der Waals surface area (Å²) in [6.07, 6.45) is 1.41. The Balaban J connectivity index is 1.80. The first kappa shape index (κ1) is 17.5. The third-order valence-electron chi connectivity index (χ3n) is 3.70. The molecule has 1 N–H and O–H groups in total. The lowest BCUT2D eigenvalue weighted by Crippen LogP contribution is -2.13. The van der Waals surface area contributed by atoms with E-state index in [1.165, 1.54) is 6.08 Å². The van der Waals surface area contributed by atoms with Crippen molar-refractivity contribution in [3.05, 3.63) is 82.6 Å². The lowest BCUT2D eigenvalue weighted by Gasteiger charge is -2.04. The van der Waals surface area contributed by atoms with Crippen molar-refractivity contribution in [2.24, 2.45) is 0 Å². The summed E-state index contributed by atoms with van der Waals surface area (Å²) in [7, 11) is 0. The molecule has 4 nitrogen and oxygen atoms in total. The van der Waals surface area contributed by atoms with Crippen LogP contribution < -0.4 is 5.32 Å². The maximum Gasteiger partial charge on any atom is 0.266 e. The van der Waals surface area contributed by atoms with Gasteiger partial charge in [-0.25, -0.2) is 0 Å². The highest BCUT2D eigenvalue weighted by atomic mass is 35.5. The Morgan fingerprint density at radius 3 is 2.62 bits per heavy atom. The van der Waals surface area contributed by atoms with Crippen molar-refractivity contribution in [2.45, 2.75) is 6.92 Å². The van der Waals surface area contributed by atoms with E-state index in [2.05, 4.69) is 5.32 Å². The van der Waals surface area contributed by atoms with Crippen LogP contribution in [-0.4, -0.2) is 5.91 Å². The minimum absolute atomic E-state index is 0.0439. The molecule has 0 aliphatic carbocycles. The van der Waals surface area contributed by atoms with Crippen LogP contribution in [0.5, 0.6) is 0 Å². The van der Waals surface area contributed by atoms with Crippen LogP contribution in [0.2, 0.25) is 5.02 Å². The summed E-state index contributed by atoms with van der Waals surface area (Å²) in [6.45, 7) is 1.96. The lowest BCUT2D eigenvalue weighted by atomic mass is 10.2. The topological polar surface area (TPSA) is 66.0 Å². The lowest BCUT2D eigenvalue weighted by molar-refractivity contribution is -0.112. The molecular weight excluding hydrogens is 348 g/mol. The van der Waals surface area contributed by atoms with Crippen LogP contribution in [0.3, 0.4) is 0 Å². The number of halogens is 1. The Morgan fingerprint density at radius 1 is 1.15 bits per heavy atom. The van der Waals surface area contributed by atoms with Gasteiger partial charge in [-0.3, -0.25) is 4.79 Å². The van der Waals surface area contributed by atoms with Gasteiger partial charge in [0.05, 0.1) is 0 Å². The van der Waals surface area contributed by atoms with Gasteiger partial charge in [-0.15, -0.1) is 0 Å². The van der Waals surface area contributed by atoms with Crippen molar-refractivity contribution in [2.75, 3.05) is 5.32 Å². The maximum absolute atomic E-state index is 12.3. The highest BCUT2D eigenvalue weighted by molar-refractivity contribution is 6.30. The molecule has 0 fully saturated rings. The number of amides is 1. The molecule has 1 amide bonds. The van der Waals surface area contributed by atoms with Crippen molar-refractivity contribution >= 4 is 29.3 Å². The van der Waals surface area contributed by atoms with Gasteiger partial charge in [-0.1, -0.05) is 41.4 Å². The predicted octanol–water partition coefficient (Wildman–Crippen LogP) is 5.45. The predicted molar refractivity (Wildman–Crippen MR) is 103 cm³/mol. The van der Waals surface area contributed by atoms with E-state index >= 15 is 0 Å². The van der Waals surface area contributed by atoms with Gasteiger partial charge in [0, 0.05) is 22.3 Å². The molecule has 3 aromatic rings. The molecule has 0 saturated carbocycles. The molecule has 1 aromatic heterocycles. The van der Waals surface area contributed by atoms with Gasteiger partial charge in [-0.05, 0) is 43.3 Å². The monoisotopic (exact) mass is 362 g/mol. The average Bonchev–Trinajstić information content (AvgIpc) is 3.10. The molecule has 0 atom stereocenters. The third kappa shape index (κ3) is 4.21. The summed E-state index contributed by atoms with van der Waals surface area (Å²) in [5.41, 5.74) is 2.49. The first-order valence-corrected chi connectivity index (χ1v) is 8.28. The number of nitrogens with one attached hydrogen (secondary N) is 1. The molecule has 0 saturated heterocycles. The summed E-state index contributed by atoms with van der Waals surface area (Å²) in [4.78, 5) is 12.3. The summed E-state index contributed by atoms with van der Waals surface area (Å²) in [5.74, 6) is 0.530. The van der Waals surface area contributed by atoms with Crippen molar-refractivity contribution < 1.29 is 9.21 Å². The SMILES string of the molecule is Cc1ccc(NC(=O)/C(C#N)=C/c2ccc(-c3cccc(Cl)c3)o2)cc1. The van der Waals surface area contributed by atoms with Crippen molar-refractivity contribution in [1.29, 1.82) is 5.26 Å². The van der Waals surface area contributed by atoms with E-state index in [1.807, 2.05) is 37.3 Å². The summed E-state index contributed by atoms with van der Waals surface area (Å²) < 4.78 is 5.71. The van der Waals surface area contributed by atoms with E-state index in [0.29, 0.717) is 22.2 Å². The number of hydrogen-bond donors (Lipinski definition) is 1. The summed E-state index contributed by atoms with van der Waals surface area (Å²) in [5, 5.41) is 12.6. The van der Waals surface area contributed by atoms with Crippen LogP contribution in [0.15, 0.2) is 70.7 Å². The second kappa shape index (κ2) is 7.73. The van der Waals surface area contributed by atoms with E-state index in [0.717, 1.165) is 11.1 Å². The molecule has 128 valence electrons. The van der Waals surface area contributed by atoms with Gasteiger partial charge in [0.2, 0.25) is 0 Å². The Hall–Kier alpha value is -3.29. The van der Waals surface area contributed by atoms with Gasteiger partial charge in [-0.2, -0.15) is 5.26 Å². The van der Waals surface area contributed by atoms with Crippen molar-refractivity contribution in [3.8, 4) is 17.4 Å². The number of carbonyl (C=O) groups excluding carboxylic acids is 1. The van der Waals surface area contributed by atoms with Gasteiger partial charge in [0.1, 0.15) is 23.2 Å². The maximum atomic E-state index is 12.3. The first-order chi connectivity index (χ1) is 12.5. The van der Waals surface area contributed by atoms with Crippen LogP contribution in [0.25, 0.3) is 17.4 Å². The fourth-order valence-corrected chi connectivity index (χ4v) is 2.54. The molecule has 0 bridgehead atoms. The number of furan rings is 1. The van der Waals surface area contributed by atoms with Crippen molar-refractivity contribution in [3.63, 3.8) is 0 Å². The molecule has 0 aliphatic rings. The van der Waals surface area contributed by atoms with Crippen LogP contribution in [0.4, 0.5) is 5.69 Å². The van der Waals surface area contributed by atoms with E-state index in [1.54, 1.807) is 36.4 Å². The molecule has 1 heterocycles. The number of rotatable bonds is 4. The Labute approximate surface area is 156 Å². The van der Waals surface area contributed by atoms with E-state index < -0.39 is 5.91 Å². The van der Waals surface area contributed by atoms with Gasteiger partial charge < -0.3 is 9.73 Å². The largest absolute Gasteiger partial charge is 0.457 e. The molecular formula is C21H15ClN2O2. The van der Waals surface area contributed by atoms with E-state index in [4.69, 9.17) is 16.0 Å². The minimum Gasteiger partial charge on any atom is -0.457 e. The average molecular weight is 363 g/mol. The first-order valence-electron chi connectivity index (χ1n) is 7.91. The number of aryl methyl sites for hydroxylation is 1. The van der Waals surface area contributed by atoms with Crippen LogP contribution >= 0.6 is 11.6 Å². The van der Waals surface area contributed by atoms with Crippen LogP contribution in [0, 0.1) is 18.3 Å². The quantitative estimate of drug-likeness (QED) is 0.495. The molecule has 5 heteroatoms. The smallest absolute Gasteiger partial charge is 0.266 e. The standard InChI is InChI=1S/C21H15ClN2O2/c1-14-5-7-18(8-6-14)24-21(25)16(13-23)12-19-9-10-20(26-19)15-3-2-4-17(22)11-15/h2-12H,1H3,(H,24,25)/b16-12+. The second-order valence-electron chi connectivity index (χ2n) is 5.70. The Kier molecular flexibility index (Phi) is 5.21. The zero-order chi connectivity index (χ0) is 18.5. The Bertz CT molecular complexity index is 1010. The normalized spacial score (nSPS) is 11.0. The number of carbonyl (C=O) groups is 1. The highest BCUT2D eigenvalue weighted by Crippen LogP contribution is 2.25. The zero-order valence-corrected chi connectivity index (χ0v) is 14.7. The molecule has 26 heavy (non-hydrogen) atoms. The van der Waals surface area contributed by atoms with Crippen LogP contribution in [0.1, 0.15) is 11.3 Å². The summed E-state index contributed by atoms with van der Waals surface area (Å²) >= 11 is 5.99. The highest BCUT2D eigenvalue weighted by Gasteiger charge is 2.11. The molecule has 0 unspecified atom stereocenters. The molecule has 0 spiro atoms. The van der Waals surface area contributed by atoms with Crippen LogP contribution in [-0.2, 0) is 4.79 Å².